The van der Waals surface area contributed by atoms with E-state index in [0.29, 0.717) is 5.39 Å². The van der Waals surface area contributed by atoms with Crippen molar-refractivity contribution in [3.63, 3.8) is 0 Å². The third kappa shape index (κ3) is 2.79. The highest BCUT2D eigenvalue weighted by molar-refractivity contribution is 5.85. The maximum Gasteiger partial charge on any atom is 0.274 e. The van der Waals surface area contributed by atoms with Gasteiger partial charge in [-0.15, -0.1) is 0 Å². The van der Waals surface area contributed by atoms with E-state index in [9.17, 15) is 4.79 Å². The first-order valence-electron chi connectivity index (χ1n) is 9.66. The van der Waals surface area contributed by atoms with Crippen LogP contribution in [0.15, 0.2) is 41.6 Å². The summed E-state index contributed by atoms with van der Waals surface area (Å²) in [6, 6.07) is 6.03. The molecule has 28 heavy (non-hydrogen) atoms. The molecule has 1 saturated heterocycles. The molecule has 0 spiro atoms. The van der Waals surface area contributed by atoms with Crippen LogP contribution in [0.4, 0.5) is 0 Å². The molecular formula is C21H22N6O. The summed E-state index contributed by atoms with van der Waals surface area (Å²) in [4.78, 5) is 22.2. The second-order valence-corrected chi connectivity index (χ2v) is 7.50. The molecule has 0 bridgehead atoms. The Bertz CT molecular complexity index is 1250. The molecule has 0 saturated carbocycles. The highest BCUT2D eigenvalue weighted by Crippen LogP contribution is 2.24. The van der Waals surface area contributed by atoms with E-state index in [1.165, 1.54) is 0 Å². The molecule has 0 atom stereocenters. The van der Waals surface area contributed by atoms with Gasteiger partial charge in [-0.05, 0) is 51.9 Å². The Labute approximate surface area is 162 Å². The highest BCUT2D eigenvalue weighted by atomic mass is 16.1. The number of benzene rings is 1. The minimum absolute atomic E-state index is 0.0124. The Morgan fingerprint density at radius 2 is 1.93 bits per heavy atom. The van der Waals surface area contributed by atoms with E-state index in [1.54, 1.807) is 10.9 Å². The summed E-state index contributed by atoms with van der Waals surface area (Å²) in [5, 5.41) is 9.35. The molecule has 1 aliphatic rings. The second kappa shape index (κ2) is 6.53. The summed E-state index contributed by atoms with van der Waals surface area (Å²) in [6.07, 6.45) is 7.64. The van der Waals surface area contributed by atoms with E-state index < -0.39 is 0 Å². The Kier molecular flexibility index (Phi) is 3.98. The number of hydrogen-bond acceptors (Lipinski definition) is 5. The summed E-state index contributed by atoms with van der Waals surface area (Å²) in [6.45, 7) is 5.79. The lowest BCUT2D eigenvalue weighted by Crippen LogP contribution is -2.35. The monoisotopic (exact) mass is 374 g/mol. The molecule has 1 aliphatic heterocycles. The van der Waals surface area contributed by atoms with Crippen LogP contribution in [0.25, 0.3) is 27.7 Å². The zero-order chi connectivity index (χ0) is 19.3. The van der Waals surface area contributed by atoms with Crippen molar-refractivity contribution in [2.75, 3.05) is 13.1 Å². The predicted molar refractivity (Wildman–Crippen MR) is 109 cm³/mol. The van der Waals surface area contributed by atoms with Crippen molar-refractivity contribution in [2.24, 2.45) is 0 Å². The summed E-state index contributed by atoms with van der Waals surface area (Å²) in [5.41, 5.74) is 4.52. The molecule has 3 aromatic heterocycles. The summed E-state index contributed by atoms with van der Waals surface area (Å²) in [7, 11) is 0. The topological polar surface area (TPSA) is 77.1 Å². The van der Waals surface area contributed by atoms with Crippen molar-refractivity contribution in [1.82, 2.24) is 29.5 Å². The minimum Gasteiger partial charge on any atom is -0.317 e. The van der Waals surface area contributed by atoms with Crippen LogP contribution >= 0.6 is 0 Å². The van der Waals surface area contributed by atoms with Crippen LogP contribution in [0.2, 0.25) is 0 Å². The molecule has 1 N–H and O–H groups in total. The lowest BCUT2D eigenvalue weighted by Gasteiger charge is -2.23. The van der Waals surface area contributed by atoms with E-state index in [4.69, 9.17) is 4.98 Å². The summed E-state index contributed by atoms with van der Waals surface area (Å²) >= 11 is 0. The van der Waals surface area contributed by atoms with Crippen LogP contribution in [-0.2, 0) is 0 Å². The second-order valence-electron chi connectivity index (χ2n) is 7.50. The number of nitrogens with one attached hydrogen (secondary N) is 1. The number of imidazole rings is 1. The van der Waals surface area contributed by atoms with Crippen molar-refractivity contribution in [3.05, 3.63) is 58.5 Å². The molecular weight excluding hydrogens is 352 g/mol. The fourth-order valence-corrected chi connectivity index (χ4v) is 4.08. The fourth-order valence-electron chi connectivity index (χ4n) is 4.08. The minimum atomic E-state index is -0.0124. The smallest absolute Gasteiger partial charge is 0.274 e. The fraction of sp³-hybridized carbons (Fsp3) is 0.333. The van der Waals surface area contributed by atoms with Gasteiger partial charge >= 0.3 is 0 Å². The van der Waals surface area contributed by atoms with E-state index in [-0.39, 0.29) is 11.6 Å². The predicted octanol–water partition coefficient (Wildman–Crippen LogP) is 2.65. The molecule has 142 valence electrons. The molecule has 1 aromatic carbocycles. The van der Waals surface area contributed by atoms with Gasteiger partial charge in [-0.1, -0.05) is 6.07 Å². The number of fused-ring (bicyclic) bond motifs is 2. The number of aryl methyl sites for hydroxylation is 2. The Hall–Kier alpha value is -3.06. The quantitative estimate of drug-likeness (QED) is 0.584. The van der Waals surface area contributed by atoms with Crippen molar-refractivity contribution in [1.29, 1.82) is 0 Å². The van der Waals surface area contributed by atoms with E-state index in [1.807, 2.05) is 48.8 Å². The first-order valence-corrected chi connectivity index (χ1v) is 9.66. The van der Waals surface area contributed by atoms with Gasteiger partial charge in [-0.25, -0.2) is 9.67 Å². The van der Waals surface area contributed by atoms with Crippen LogP contribution in [0.3, 0.4) is 0 Å². The number of hydrogen-bond donors (Lipinski definition) is 1. The van der Waals surface area contributed by atoms with Gasteiger partial charge in [-0.2, -0.15) is 5.10 Å². The van der Waals surface area contributed by atoms with E-state index in [2.05, 4.69) is 15.4 Å². The first-order chi connectivity index (χ1) is 13.6. The van der Waals surface area contributed by atoms with E-state index >= 15 is 0 Å². The number of piperidine rings is 1. The SMILES string of the molecule is Cc1cn2cc(-c3ccc4c(=O)n(C5CCNCC5)ncc4c3)nc2c(C)n1. The highest BCUT2D eigenvalue weighted by Gasteiger charge is 2.18. The van der Waals surface area contributed by atoms with Gasteiger partial charge in [0.1, 0.15) is 0 Å². The summed E-state index contributed by atoms with van der Waals surface area (Å²) in [5.74, 6) is 0. The van der Waals surface area contributed by atoms with Gasteiger partial charge < -0.3 is 9.72 Å². The molecule has 1 fully saturated rings. The first kappa shape index (κ1) is 17.1. The van der Waals surface area contributed by atoms with Crippen molar-refractivity contribution in [3.8, 4) is 11.3 Å². The standard InChI is InChI=1S/C21H22N6O/c1-13-11-26-12-19(25-20(26)14(2)24-13)15-3-4-18-16(9-15)10-23-27(21(18)28)17-5-7-22-8-6-17/h3-4,9-12,17,22H,5-8H2,1-2H3. The maximum atomic E-state index is 13.0. The molecule has 4 heterocycles. The van der Waals surface area contributed by atoms with Crippen molar-refractivity contribution >= 4 is 16.4 Å². The van der Waals surface area contributed by atoms with Crippen LogP contribution < -0.4 is 10.9 Å². The Morgan fingerprint density at radius 3 is 2.75 bits per heavy atom. The van der Waals surface area contributed by atoms with Gasteiger partial charge in [0.15, 0.2) is 5.65 Å². The van der Waals surface area contributed by atoms with Crippen LogP contribution in [0.1, 0.15) is 30.3 Å². The number of rotatable bonds is 2. The summed E-state index contributed by atoms with van der Waals surface area (Å²) < 4.78 is 3.66. The molecule has 0 amide bonds. The lowest BCUT2D eigenvalue weighted by molar-refractivity contribution is 0.333. The van der Waals surface area contributed by atoms with Crippen molar-refractivity contribution < 1.29 is 0 Å². The average molecular weight is 374 g/mol. The van der Waals surface area contributed by atoms with Crippen molar-refractivity contribution in [2.45, 2.75) is 32.7 Å². The molecule has 7 nitrogen and oxygen atoms in total. The maximum absolute atomic E-state index is 13.0. The average Bonchev–Trinajstić information content (AvgIpc) is 3.13. The Balaban J connectivity index is 1.59. The third-order valence-electron chi connectivity index (χ3n) is 5.49. The number of nitrogens with zero attached hydrogens (tertiary/aromatic N) is 5. The molecule has 5 rings (SSSR count). The van der Waals surface area contributed by atoms with Crippen LogP contribution in [0.5, 0.6) is 0 Å². The van der Waals surface area contributed by atoms with Crippen LogP contribution in [0, 0.1) is 13.8 Å². The largest absolute Gasteiger partial charge is 0.317 e. The van der Waals surface area contributed by atoms with Gasteiger partial charge in [0.2, 0.25) is 0 Å². The van der Waals surface area contributed by atoms with Crippen LogP contribution in [-0.4, -0.2) is 37.2 Å². The molecule has 4 aromatic rings. The zero-order valence-corrected chi connectivity index (χ0v) is 16.0. The molecule has 0 aliphatic carbocycles. The zero-order valence-electron chi connectivity index (χ0n) is 16.0. The van der Waals surface area contributed by atoms with Gasteiger partial charge in [-0.3, -0.25) is 9.78 Å². The van der Waals surface area contributed by atoms with Gasteiger partial charge in [0, 0.05) is 23.3 Å². The normalized spacial score (nSPS) is 15.5. The molecule has 0 unspecified atom stereocenters. The lowest BCUT2D eigenvalue weighted by atomic mass is 10.1. The third-order valence-corrected chi connectivity index (χ3v) is 5.49. The molecule has 0 radical (unpaired) electrons. The molecule has 7 heteroatoms. The Morgan fingerprint density at radius 1 is 1.11 bits per heavy atom. The van der Waals surface area contributed by atoms with Gasteiger partial charge in [0.25, 0.3) is 5.56 Å². The number of aromatic nitrogens is 5. The van der Waals surface area contributed by atoms with Gasteiger partial charge in [0.05, 0.1) is 34.7 Å². The van der Waals surface area contributed by atoms with E-state index in [0.717, 1.165) is 59.6 Å².